The fraction of sp³-hybridized carbons (Fsp3) is 0.364. The SMILES string of the molecule is CC1=CC2C=Cc3[nH]c(C)nc3C2S1. The van der Waals surface area contributed by atoms with Gasteiger partial charge in [-0.05, 0) is 24.8 Å². The summed E-state index contributed by atoms with van der Waals surface area (Å²) in [5.41, 5.74) is 2.42. The zero-order valence-corrected chi connectivity index (χ0v) is 9.06. The third-order valence-electron chi connectivity index (χ3n) is 2.72. The number of fused-ring (bicyclic) bond motifs is 3. The number of allylic oxidation sites excluding steroid dienone is 3. The van der Waals surface area contributed by atoms with E-state index in [1.54, 1.807) is 0 Å². The van der Waals surface area contributed by atoms with E-state index < -0.39 is 0 Å². The van der Waals surface area contributed by atoms with Gasteiger partial charge in [0.05, 0.1) is 16.6 Å². The van der Waals surface area contributed by atoms with Crippen molar-refractivity contribution in [1.29, 1.82) is 0 Å². The molecule has 72 valence electrons. The van der Waals surface area contributed by atoms with Crippen LogP contribution >= 0.6 is 11.8 Å². The Hall–Kier alpha value is -0.960. The predicted octanol–water partition coefficient (Wildman–Crippen LogP) is 3.05. The van der Waals surface area contributed by atoms with Crippen molar-refractivity contribution < 1.29 is 0 Å². The van der Waals surface area contributed by atoms with Gasteiger partial charge in [-0.3, -0.25) is 0 Å². The molecule has 0 radical (unpaired) electrons. The number of hydrogen-bond acceptors (Lipinski definition) is 2. The molecule has 3 heteroatoms. The van der Waals surface area contributed by atoms with E-state index in [0.717, 1.165) is 5.82 Å². The van der Waals surface area contributed by atoms with Crippen LogP contribution in [0.25, 0.3) is 6.08 Å². The summed E-state index contributed by atoms with van der Waals surface area (Å²) < 4.78 is 0. The summed E-state index contributed by atoms with van der Waals surface area (Å²) in [6.45, 7) is 4.19. The van der Waals surface area contributed by atoms with Crippen molar-refractivity contribution in [3.63, 3.8) is 0 Å². The van der Waals surface area contributed by atoms with Gasteiger partial charge >= 0.3 is 0 Å². The number of H-pyrrole nitrogens is 1. The number of aromatic nitrogens is 2. The second-order valence-electron chi connectivity index (χ2n) is 3.87. The third kappa shape index (κ3) is 1.08. The Morgan fingerprint density at radius 3 is 3.14 bits per heavy atom. The molecule has 0 fully saturated rings. The number of nitrogens with zero attached hydrogens (tertiary/aromatic N) is 1. The van der Waals surface area contributed by atoms with Crippen LogP contribution in [0.2, 0.25) is 0 Å². The summed E-state index contributed by atoms with van der Waals surface area (Å²) in [5.74, 6) is 1.57. The van der Waals surface area contributed by atoms with Crippen LogP contribution in [0.3, 0.4) is 0 Å². The van der Waals surface area contributed by atoms with Gasteiger partial charge in [0, 0.05) is 5.92 Å². The maximum Gasteiger partial charge on any atom is 0.103 e. The Balaban J connectivity index is 2.09. The minimum atomic E-state index is 0.514. The number of nitrogens with one attached hydrogen (secondary N) is 1. The van der Waals surface area contributed by atoms with E-state index >= 15 is 0 Å². The van der Waals surface area contributed by atoms with Crippen LogP contribution < -0.4 is 0 Å². The molecule has 0 amide bonds. The van der Waals surface area contributed by atoms with E-state index in [1.807, 2.05) is 18.7 Å². The first-order valence-corrected chi connectivity index (χ1v) is 5.72. The van der Waals surface area contributed by atoms with E-state index in [0.29, 0.717) is 11.2 Å². The first kappa shape index (κ1) is 8.36. The Labute approximate surface area is 87.5 Å². The molecule has 2 atom stereocenters. The van der Waals surface area contributed by atoms with Gasteiger partial charge in [-0.1, -0.05) is 12.2 Å². The Kier molecular flexibility index (Phi) is 1.65. The van der Waals surface area contributed by atoms with Crippen LogP contribution in [0, 0.1) is 12.8 Å². The highest BCUT2D eigenvalue weighted by Crippen LogP contribution is 2.50. The molecule has 1 aromatic heterocycles. The molecule has 2 unspecified atom stereocenters. The first-order chi connectivity index (χ1) is 6.74. The Morgan fingerprint density at radius 2 is 2.29 bits per heavy atom. The molecule has 14 heavy (non-hydrogen) atoms. The zero-order chi connectivity index (χ0) is 9.71. The maximum absolute atomic E-state index is 4.57. The van der Waals surface area contributed by atoms with Gasteiger partial charge < -0.3 is 4.98 Å². The molecule has 0 saturated carbocycles. The minimum Gasteiger partial charge on any atom is -0.342 e. The molecule has 1 aliphatic carbocycles. The number of aromatic amines is 1. The smallest absolute Gasteiger partial charge is 0.103 e. The van der Waals surface area contributed by atoms with E-state index in [1.165, 1.54) is 16.3 Å². The highest BCUT2D eigenvalue weighted by molar-refractivity contribution is 8.03. The molecule has 1 aromatic rings. The summed E-state index contributed by atoms with van der Waals surface area (Å²) in [6, 6.07) is 0. The van der Waals surface area contributed by atoms with Crippen LogP contribution in [-0.4, -0.2) is 9.97 Å². The van der Waals surface area contributed by atoms with E-state index in [2.05, 4.69) is 35.1 Å². The number of hydrogen-bond donors (Lipinski definition) is 1. The van der Waals surface area contributed by atoms with Crippen LogP contribution in [0.4, 0.5) is 0 Å². The van der Waals surface area contributed by atoms with Crippen LogP contribution in [0.5, 0.6) is 0 Å². The highest BCUT2D eigenvalue weighted by atomic mass is 32.2. The standard InChI is InChI=1S/C11H12N2S/c1-6-5-8-3-4-9-10(11(8)14-6)13-7(2)12-9/h3-5,8,11H,1-2H3,(H,12,13). The van der Waals surface area contributed by atoms with Crippen LogP contribution in [-0.2, 0) is 0 Å². The molecule has 1 aliphatic heterocycles. The van der Waals surface area contributed by atoms with Gasteiger partial charge in [0.25, 0.3) is 0 Å². The number of rotatable bonds is 0. The van der Waals surface area contributed by atoms with Gasteiger partial charge in [0.2, 0.25) is 0 Å². The molecule has 1 N–H and O–H groups in total. The van der Waals surface area contributed by atoms with Crippen LogP contribution in [0.15, 0.2) is 17.1 Å². The molecule has 2 aliphatic rings. The first-order valence-electron chi connectivity index (χ1n) is 4.84. The van der Waals surface area contributed by atoms with Crippen molar-refractivity contribution in [2.24, 2.45) is 5.92 Å². The Morgan fingerprint density at radius 1 is 1.43 bits per heavy atom. The molecular weight excluding hydrogens is 192 g/mol. The average molecular weight is 204 g/mol. The predicted molar refractivity (Wildman–Crippen MR) is 59.9 cm³/mol. The molecular formula is C11H12N2S. The van der Waals surface area contributed by atoms with Gasteiger partial charge in [-0.25, -0.2) is 4.98 Å². The number of aryl methyl sites for hydroxylation is 1. The second-order valence-corrected chi connectivity index (χ2v) is 5.26. The van der Waals surface area contributed by atoms with Crippen molar-refractivity contribution in [1.82, 2.24) is 9.97 Å². The lowest BCUT2D eigenvalue weighted by Gasteiger charge is -2.17. The lowest BCUT2D eigenvalue weighted by Crippen LogP contribution is -2.06. The number of thioether (sulfide) groups is 1. The summed E-state index contributed by atoms with van der Waals surface area (Å²) >= 11 is 1.93. The van der Waals surface area contributed by atoms with Gasteiger partial charge in [-0.2, -0.15) is 0 Å². The Bertz CT molecular complexity index is 442. The fourth-order valence-corrected chi connectivity index (χ4v) is 3.40. The monoisotopic (exact) mass is 204 g/mol. The van der Waals surface area contributed by atoms with E-state index in [9.17, 15) is 0 Å². The summed E-state index contributed by atoms with van der Waals surface area (Å²) in [4.78, 5) is 9.27. The summed E-state index contributed by atoms with van der Waals surface area (Å²) in [5, 5.41) is 0.514. The fourth-order valence-electron chi connectivity index (χ4n) is 2.15. The minimum absolute atomic E-state index is 0.514. The van der Waals surface area contributed by atoms with Crippen molar-refractivity contribution >= 4 is 17.8 Å². The van der Waals surface area contributed by atoms with Crippen molar-refractivity contribution in [2.75, 3.05) is 0 Å². The topological polar surface area (TPSA) is 28.7 Å². The molecule has 2 nitrogen and oxygen atoms in total. The van der Waals surface area contributed by atoms with E-state index in [4.69, 9.17) is 0 Å². The molecule has 0 aromatic carbocycles. The van der Waals surface area contributed by atoms with Gasteiger partial charge in [0.1, 0.15) is 5.82 Å². The molecule has 2 heterocycles. The van der Waals surface area contributed by atoms with Crippen molar-refractivity contribution in [3.8, 4) is 0 Å². The largest absolute Gasteiger partial charge is 0.342 e. The van der Waals surface area contributed by atoms with Crippen LogP contribution in [0.1, 0.15) is 29.4 Å². The second kappa shape index (κ2) is 2.76. The lowest BCUT2D eigenvalue weighted by atomic mass is 9.96. The lowest BCUT2D eigenvalue weighted by molar-refractivity contribution is 0.767. The number of imidazole rings is 1. The normalized spacial score (nSPS) is 28.6. The summed E-state index contributed by atoms with van der Waals surface area (Å²) in [7, 11) is 0. The van der Waals surface area contributed by atoms with Crippen molar-refractivity contribution in [3.05, 3.63) is 34.3 Å². The molecule has 3 rings (SSSR count). The third-order valence-corrected chi connectivity index (χ3v) is 4.02. The maximum atomic E-state index is 4.57. The molecule has 0 spiro atoms. The average Bonchev–Trinajstić information content (AvgIpc) is 2.65. The quantitative estimate of drug-likeness (QED) is 0.703. The van der Waals surface area contributed by atoms with Gasteiger partial charge in [-0.15, -0.1) is 11.8 Å². The summed E-state index contributed by atoms with van der Waals surface area (Å²) in [6.07, 6.45) is 6.76. The van der Waals surface area contributed by atoms with Crippen molar-refractivity contribution in [2.45, 2.75) is 19.1 Å². The highest BCUT2D eigenvalue weighted by Gasteiger charge is 2.32. The van der Waals surface area contributed by atoms with Gasteiger partial charge in [0.15, 0.2) is 0 Å². The molecule has 0 saturated heterocycles. The molecule has 0 bridgehead atoms. The van der Waals surface area contributed by atoms with E-state index in [-0.39, 0.29) is 0 Å². The zero-order valence-electron chi connectivity index (χ0n) is 8.24.